The van der Waals surface area contributed by atoms with Crippen molar-refractivity contribution in [2.75, 3.05) is 0 Å². The second kappa shape index (κ2) is 5.55. The van der Waals surface area contributed by atoms with Crippen molar-refractivity contribution < 1.29 is 41.4 Å². The summed E-state index contributed by atoms with van der Waals surface area (Å²) in [5.74, 6) is -2.06. The fraction of sp³-hybridized carbons (Fsp3) is 0.417. The van der Waals surface area contributed by atoms with E-state index in [-0.39, 0.29) is 12.1 Å². The van der Waals surface area contributed by atoms with E-state index in [2.05, 4.69) is 0 Å². The lowest BCUT2D eigenvalue weighted by Gasteiger charge is -2.22. The summed E-state index contributed by atoms with van der Waals surface area (Å²) in [7, 11) is 0. The van der Waals surface area contributed by atoms with Gasteiger partial charge in [-0.25, -0.2) is 4.79 Å². The van der Waals surface area contributed by atoms with Gasteiger partial charge in [-0.05, 0) is 24.1 Å². The van der Waals surface area contributed by atoms with Crippen molar-refractivity contribution in [3.8, 4) is 0 Å². The Bertz CT molecular complexity index is 547. The Morgan fingerprint density at radius 3 is 1.86 bits per heavy atom. The number of halogens is 6. The lowest BCUT2D eigenvalue weighted by atomic mass is 9.90. The maximum absolute atomic E-state index is 12.8. The topological polar surface area (TPSA) is 57.5 Å². The third-order valence-corrected chi connectivity index (χ3v) is 2.83. The van der Waals surface area contributed by atoms with Gasteiger partial charge in [0.1, 0.15) is 0 Å². The minimum Gasteiger partial charge on any atom is -0.479 e. The first-order chi connectivity index (χ1) is 9.41. The van der Waals surface area contributed by atoms with Gasteiger partial charge in [0, 0.05) is 5.56 Å². The van der Waals surface area contributed by atoms with E-state index in [9.17, 15) is 36.2 Å². The molecular weight excluding hydrogens is 306 g/mol. The van der Waals surface area contributed by atoms with Crippen molar-refractivity contribution in [2.24, 2.45) is 0 Å². The fourth-order valence-electron chi connectivity index (χ4n) is 1.99. The number of carboxylic acids is 1. The van der Waals surface area contributed by atoms with Gasteiger partial charge in [-0.15, -0.1) is 0 Å². The van der Waals surface area contributed by atoms with Crippen molar-refractivity contribution in [1.82, 2.24) is 0 Å². The Balaban J connectivity index is 3.77. The lowest BCUT2D eigenvalue weighted by Crippen LogP contribution is -2.22. The van der Waals surface area contributed by atoms with Gasteiger partial charge in [0.2, 0.25) is 0 Å². The zero-order valence-corrected chi connectivity index (χ0v) is 10.5. The number of carbonyl (C=O) groups is 1. The summed E-state index contributed by atoms with van der Waals surface area (Å²) in [4.78, 5) is 10.7. The predicted molar refractivity (Wildman–Crippen MR) is 58.4 cm³/mol. The molecule has 1 rings (SSSR count). The Labute approximate surface area is 114 Å². The maximum atomic E-state index is 12.8. The van der Waals surface area contributed by atoms with Crippen LogP contribution in [0.4, 0.5) is 26.3 Å². The quantitative estimate of drug-likeness (QED) is 0.840. The Morgan fingerprint density at radius 2 is 1.52 bits per heavy atom. The normalized spacial score (nSPS) is 14.1. The summed E-state index contributed by atoms with van der Waals surface area (Å²) >= 11 is 0. The van der Waals surface area contributed by atoms with Gasteiger partial charge >= 0.3 is 18.3 Å². The number of carboxylic acid groups (broad SMARTS) is 1. The molecule has 0 fully saturated rings. The molecule has 118 valence electrons. The minimum atomic E-state index is -5.08. The molecule has 0 saturated heterocycles. The molecule has 2 N–H and O–H groups in total. The third-order valence-electron chi connectivity index (χ3n) is 2.83. The lowest BCUT2D eigenvalue weighted by molar-refractivity contribution is -0.150. The van der Waals surface area contributed by atoms with Crippen LogP contribution in [0.3, 0.4) is 0 Å². The summed E-state index contributed by atoms with van der Waals surface area (Å²) in [5.41, 5.74) is -5.14. The van der Waals surface area contributed by atoms with Crippen LogP contribution in [0.2, 0.25) is 0 Å². The molecule has 0 aliphatic rings. The molecule has 0 saturated carbocycles. The second-order valence-electron chi connectivity index (χ2n) is 4.14. The van der Waals surface area contributed by atoms with Crippen LogP contribution in [0.1, 0.15) is 35.3 Å². The number of hydrogen-bond donors (Lipinski definition) is 2. The molecule has 9 heteroatoms. The molecule has 3 nitrogen and oxygen atoms in total. The highest BCUT2D eigenvalue weighted by Crippen LogP contribution is 2.42. The molecule has 0 spiro atoms. The second-order valence-corrected chi connectivity index (χ2v) is 4.14. The highest BCUT2D eigenvalue weighted by molar-refractivity contribution is 5.75. The first kappa shape index (κ1) is 17.3. The van der Waals surface area contributed by atoms with Crippen LogP contribution in [0.25, 0.3) is 0 Å². The molecule has 1 atom stereocenters. The molecule has 1 aromatic carbocycles. The predicted octanol–water partition coefficient (Wildman–Crippen LogP) is 3.40. The summed E-state index contributed by atoms with van der Waals surface area (Å²) in [6, 6.07) is 0.364. The standard InChI is InChI=1S/C12H10F6O3/c1-2-5-6(11(13,14)15)3-4-7(12(16,17)18)8(5)9(19)10(20)21/h3-4,9,19H,2H2,1H3,(H,20,21). The van der Waals surface area contributed by atoms with Crippen LogP contribution in [0.15, 0.2) is 12.1 Å². The highest BCUT2D eigenvalue weighted by Gasteiger charge is 2.42. The number of aliphatic hydroxyl groups excluding tert-OH is 1. The van der Waals surface area contributed by atoms with Gasteiger partial charge in [0.15, 0.2) is 6.10 Å². The Morgan fingerprint density at radius 1 is 1.10 bits per heavy atom. The molecule has 0 aliphatic carbocycles. The Hall–Kier alpha value is -1.77. The maximum Gasteiger partial charge on any atom is 0.416 e. The van der Waals surface area contributed by atoms with Crippen LogP contribution < -0.4 is 0 Å². The van der Waals surface area contributed by atoms with E-state index in [0.29, 0.717) is 0 Å². The molecule has 0 bridgehead atoms. The van der Waals surface area contributed by atoms with Gasteiger partial charge in [0.25, 0.3) is 0 Å². The van der Waals surface area contributed by atoms with E-state index in [1.807, 2.05) is 0 Å². The van der Waals surface area contributed by atoms with E-state index < -0.39 is 53.1 Å². The molecule has 0 aliphatic heterocycles. The summed E-state index contributed by atoms with van der Waals surface area (Å²) in [6.45, 7) is 1.14. The SMILES string of the molecule is CCc1c(C(F)(F)F)ccc(C(F)(F)F)c1C(O)C(=O)O. The zero-order valence-electron chi connectivity index (χ0n) is 10.5. The molecule has 0 heterocycles. The van der Waals surface area contributed by atoms with Crippen molar-refractivity contribution >= 4 is 5.97 Å². The van der Waals surface area contributed by atoms with Crippen molar-refractivity contribution in [3.05, 3.63) is 34.4 Å². The Kier molecular flexibility index (Phi) is 4.57. The van der Waals surface area contributed by atoms with Gasteiger partial charge in [-0.3, -0.25) is 0 Å². The highest BCUT2D eigenvalue weighted by atomic mass is 19.4. The van der Waals surface area contributed by atoms with Gasteiger partial charge in [-0.1, -0.05) is 6.92 Å². The number of aliphatic hydroxyl groups is 1. The largest absolute Gasteiger partial charge is 0.479 e. The molecule has 1 aromatic rings. The number of hydrogen-bond acceptors (Lipinski definition) is 2. The third kappa shape index (κ3) is 3.46. The van der Waals surface area contributed by atoms with Gasteiger partial charge in [-0.2, -0.15) is 26.3 Å². The summed E-state index contributed by atoms with van der Waals surface area (Å²) in [6.07, 6.45) is -13.3. The van der Waals surface area contributed by atoms with Crippen LogP contribution in [-0.4, -0.2) is 16.2 Å². The zero-order chi connectivity index (χ0) is 16.6. The number of benzene rings is 1. The summed E-state index contributed by atoms with van der Waals surface area (Å²) in [5, 5.41) is 18.0. The number of alkyl halides is 6. The summed E-state index contributed by atoms with van der Waals surface area (Å²) < 4.78 is 76.9. The number of rotatable bonds is 3. The van der Waals surface area contributed by atoms with Crippen molar-refractivity contribution in [2.45, 2.75) is 31.8 Å². The van der Waals surface area contributed by atoms with Gasteiger partial charge < -0.3 is 10.2 Å². The van der Waals surface area contributed by atoms with E-state index in [4.69, 9.17) is 5.11 Å². The molecule has 0 amide bonds. The van der Waals surface area contributed by atoms with Crippen LogP contribution in [-0.2, 0) is 23.6 Å². The van der Waals surface area contributed by atoms with E-state index in [0.717, 1.165) is 6.92 Å². The van der Waals surface area contributed by atoms with Crippen LogP contribution in [0.5, 0.6) is 0 Å². The average Bonchev–Trinajstić information content (AvgIpc) is 2.33. The van der Waals surface area contributed by atoms with E-state index >= 15 is 0 Å². The van der Waals surface area contributed by atoms with Crippen LogP contribution in [0, 0.1) is 0 Å². The number of aliphatic carboxylic acids is 1. The fourth-order valence-corrected chi connectivity index (χ4v) is 1.99. The molecule has 21 heavy (non-hydrogen) atoms. The monoisotopic (exact) mass is 316 g/mol. The van der Waals surface area contributed by atoms with Crippen molar-refractivity contribution in [3.63, 3.8) is 0 Å². The first-order valence-electron chi connectivity index (χ1n) is 5.62. The molecule has 1 unspecified atom stereocenters. The van der Waals surface area contributed by atoms with Gasteiger partial charge in [0.05, 0.1) is 11.1 Å². The first-order valence-corrected chi connectivity index (χ1v) is 5.62. The van der Waals surface area contributed by atoms with Crippen molar-refractivity contribution in [1.29, 1.82) is 0 Å². The smallest absolute Gasteiger partial charge is 0.416 e. The molecule has 0 aromatic heterocycles. The van der Waals surface area contributed by atoms with E-state index in [1.165, 1.54) is 0 Å². The molecular formula is C12H10F6O3. The molecule has 0 radical (unpaired) electrons. The minimum absolute atomic E-state index is 0.128. The average molecular weight is 316 g/mol. The van der Waals surface area contributed by atoms with E-state index in [1.54, 1.807) is 0 Å². The van der Waals surface area contributed by atoms with Crippen LogP contribution >= 0.6 is 0 Å².